The summed E-state index contributed by atoms with van der Waals surface area (Å²) in [7, 11) is 2.84. The maximum absolute atomic E-state index is 13.6. The van der Waals surface area contributed by atoms with Crippen LogP contribution < -0.4 is 10.1 Å². The molecule has 0 heterocycles. The Morgan fingerprint density at radius 2 is 1.89 bits per heavy atom. The Morgan fingerprint density at radius 3 is 2.48 bits per heavy atom. The molecule has 0 atom stereocenters. The molecule has 0 bridgehead atoms. The largest absolute Gasteiger partial charge is 0.494 e. The highest BCUT2D eigenvalue weighted by Gasteiger charge is 2.14. The Morgan fingerprint density at radius 1 is 1.22 bits per heavy atom. The monoisotopic (exact) mass is 410 g/mol. The second kappa shape index (κ2) is 9.39. The van der Waals surface area contributed by atoms with Crippen molar-refractivity contribution in [2.24, 2.45) is 0 Å². The summed E-state index contributed by atoms with van der Waals surface area (Å²) >= 11 is 12.0. The van der Waals surface area contributed by atoms with Crippen molar-refractivity contribution in [2.75, 3.05) is 26.0 Å². The first-order chi connectivity index (χ1) is 12.8. The summed E-state index contributed by atoms with van der Waals surface area (Å²) in [5, 5.41) is 3.17. The van der Waals surface area contributed by atoms with E-state index in [0.29, 0.717) is 15.6 Å². The Bertz CT molecular complexity index is 867. The second-order valence-electron chi connectivity index (χ2n) is 5.57. The van der Waals surface area contributed by atoms with Crippen molar-refractivity contribution >= 4 is 46.8 Å². The van der Waals surface area contributed by atoms with Gasteiger partial charge >= 0.3 is 0 Å². The summed E-state index contributed by atoms with van der Waals surface area (Å²) in [6, 6.07) is 9.16. The van der Waals surface area contributed by atoms with Gasteiger partial charge in [-0.2, -0.15) is 0 Å². The van der Waals surface area contributed by atoms with E-state index >= 15 is 0 Å². The van der Waals surface area contributed by atoms with Crippen molar-refractivity contribution in [1.29, 1.82) is 0 Å². The number of amides is 2. The Kier molecular flexibility index (Phi) is 7.21. The van der Waals surface area contributed by atoms with Gasteiger partial charge in [0.15, 0.2) is 11.6 Å². The number of carbonyl (C=O) groups is 2. The first-order valence-electron chi connectivity index (χ1n) is 7.82. The molecule has 2 aromatic carbocycles. The number of nitrogens with one attached hydrogen (secondary N) is 1. The van der Waals surface area contributed by atoms with E-state index in [2.05, 4.69) is 5.32 Å². The predicted octanol–water partition coefficient (Wildman–Crippen LogP) is 4.25. The quantitative estimate of drug-likeness (QED) is 0.724. The van der Waals surface area contributed by atoms with E-state index in [1.165, 1.54) is 43.3 Å². The average Bonchev–Trinajstić information content (AvgIpc) is 2.63. The SMILES string of the molecule is COc1ccc(/C=C/C(=O)N(C)CC(=O)Nc2c(Cl)cccc2Cl)cc1F. The van der Waals surface area contributed by atoms with Crippen molar-refractivity contribution in [1.82, 2.24) is 4.90 Å². The highest BCUT2D eigenvalue weighted by molar-refractivity contribution is 6.39. The molecule has 0 saturated heterocycles. The molecular formula is C19H17Cl2FN2O3. The summed E-state index contributed by atoms with van der Waals surface area (Å²) in [5.41, 5.74) is 0.776. The van der Waals surface area contributed by atoms with Crippen LogP contribution in [-0.2, 0) is 9.59 Å². The average molecular weight is 411 g/mol. The van der Waals surface area contributed by atoms with Crippen molar-refractivity contribution in [2.45, 2.75) is 0 Å². The van der Waals surface area contributed by atoms with Crippen molar-refractivity contribution in [3.8, 4) is 5.75 Å². The molecule has 0 radical (unpaired) electrons. The molecule has 2 aromatic rings. The highest BCUT2D eigenvalue weighted by Crippen LogP contribution is 2.29. The maximum atomic E-state index is 13.6. The topological polar surface area (TPSA) is 58.6 Å². The van der Waals surface area contributed by atoms with Crippen LogP contribution in [0.2, 0.25) is 10.0 Å². The molecule has 0 aromatic heterocycles. The minimum atomic E-state index is -0.531. The van der Waals surface area contributed by atoms with E-state index in [4.69, 9.17) is 27.9 Å². The molecule has 0 aliphatic heterocycles. The minimum absolute atomic E-state index is 0.116. The number of halogens is 3. The first-order valence-corrected chi connectivity index (χ1v) is 8.58. The standard InChI is InChI=1S/C19H17Cl2FN2O3/c1-24(11-17(25)23-19-13(20)4-3-5-14(19)21)18(26)9-7-12-6-8-16(27-2)15(22)10-12/h3-10H,11H2,1-2H3,(H,23,25)/b9-7+. The Labute approximate surface area is 166 Å². The zero-order valence-electron chi connectivity index (χ0n) is 14.6. The number of ether oxygens (including phenoxy) is 1. The number of likely N-dealkylation sites (N-methyl/N-ethyl adjacent to an activating group) is 1. The highest BCUT2D eigenvalue weighted by atomic mass is 35.5. The van der Waals surface area contributed by atoms with Crippen LogP contribution in [0.3, 0.4) is 0 Å². The number of hydrogen-bond acceptors (Lipinski definition) is 3. The zero-order valence-corrected chi connectivity index (χ0v) is 16.1. The van der Waals surface area contributed by atoms with Crippen LogP contribution in [0.5, 0.6) is 5.75 Å². The fourth-order valence-corrected chi connectivity index (χ4v) is 2.66. The van der Waals surface area contributed by atoms with Crippen LogP contribution in [0.1, 0.15) is 5.56 Å². The predicted molar refractivity (Wildman–Crippen MR) is 105 cm³/mol. The number of carbonyl (C=O) groups excluding carboxylic acids is 2. The van der Waals surface area contributed by atoms with Crippen LogP contribution in [0.4, 0.5) is 10.1 Å². The van der Waals surface area contributed by atoms with Gasteiger partial charge < -0.3 is 15.0 Å². The van der Waals surface area contributed by atoms with Gasteiger partial charge in [0, 0.05) is 13.1 Å². The van der Waals surface area contributed by atoms with Gasteiger partial charge in [-0.15, -0.1) is 0 Å². The van der Waals surface area contributed by atoms with E-state index in [1.54, 1.807) is 24.3 Å². The lowest BCUT2D eigenvalue weighted by Gasteiger charge is -2.16. The summed E-state index contributed by atoms with van der Waals surface area (Å²) < 4.78 is 18.5. The van der Waals surface area contributed by atoms with Crippen LogP contribution in [-0.4, -0.2) is 37.4 Å². The van der Waals surface area contributed by atoms with Crippen molar-refractivity contribution in [3.63, 3.8) is 0 Å². The van der Waals surface area contributed by atoms with Crippen LogP contribution in [0.25, 0.3) is 6.08 Å². The molecule has 5 nitrogen and oxygen atoms in total. The molecule has 0 saturated carbocycles. The van der Waals surface area contributed by atoms with Crippen LogP contribution in [0.15, 0.2) is 42.5 Å². The van der Waals surface area contributed by atoms with Crippen molar-refractivity contribution < 1.29 is 18.7 Å². The lowest BCUT2D eigenvalue weighted by Crippen LogP contribution is -2.34. The molecule has 0 aliphatic carbocycles. The first kappa shape index (κ1) is 20.7. The second-order valence-corrected chi connectivity index (χ2v) is 6.38. The molecule has 27 heavy (non-hydrogen) atoms. The molecule has 1 N–H and O–H groups in total. The van der Waals surface area contributed by atoms with E-state index in [0.717, 1.165) is 0 Å². The van der Waals surface area contributed by atoms with Gasteiger partial charge in [-0.3, -0.25) is 9.59 Å². The van der Waals surface area contributed by atoms with E-state index < -0.39 is 17.6 Å². The van der Waals surface area contributed by atoms with Gasteiger partial charge in [-0.05, 0) is 35.9 Å². The fraction of sp³-hybridized carbons (Fsp3) is 0.158. The molecule has 0 aliphatic rings. The third-order valence-electron chi connectivity index (χ3n) is 3.58. The molecule has 0 fully saturated rings. The van der Waals surface area contributed by atoms with Crippen LogP contribution >= 0.6 is 23.2 Å². The lowest BCUT2D eigenvalue weighted by molar-refractivity contribution is -0.129. The Balaban J connectivity index is 1.96. The molecular weight excluding hydrogens is 394 g/mol. The summed E-state index contributed by atoms with van der Waals surface area (Å²) in [6.45, 7) is -0.207. The maximum Gasteiger partial charge on any atom is 0.246 e. The zero-order chi connectivity index (χ0) is 20.0. The Hall–Kier alpha value is -2.57. The van der Waals surface area contributed by atoms with E-state index in [9.17, 15) is 14.0 Å². The van der Waals surface area contributed by atoms with Gasteiger partial charge in [0.25, 0.3) is 0 Å². The third kappa shape index (κ3) is 5.70. The number of rotatable bonds is 6. The lowest BCUT2D eigenvalue weighted by atomic mass is 10.2. The number of benzene rings is 2. The number of nitrogens with zero attached hydrogens (tertiary/aromatic N) is 1. The summed E-state index contributed by atoms with van der Waals surface area (Å²) in [4.78, 5) is 25.5. The van der Waals surface area contributed by atoms with E-state index in [-0.39, 0.29) is 18.0 Å². The molecule has 8 heteroatoms. The van der Waals surface area contributed by atoms with Gasteiger partial charge in [0.2, 0.25) is 11.8 Å². The number of methoxy groups -OCH3 is 1. The minimum Gasteiger partial charge on any atom is -0.494 e. The normalized spacial score (nSPS) is 10.7. The number of hydrogen-bond donors (Lipinski definition) is 1. The van der Waals surface area contributed by atoms with Crippen LogP contribution in [0, 0.1) is 5.82 Å². The van der Waals surface area contributed by atoms with Crippen molar-refractivity contribution in [3.05, 3.63) is 63.9 Å². The number of para-hydroxylation sites is 1. The van der Waals surface area contributed by atoms with Gasteiger partial charge in [0.1, 0.15) is 0 Å². The molecule has 2 rings (SSSR count). The summed E-state index contributed by atoms with van der Waals surface area (Å²) in [6.07, 6.45) is 2.70. The smallest absolute Gasteiger partial charge is 0.246 e. The summed E-state index contributed by atoms with van der Waals surface area (Å²) in [5.74, 6) is -1.29. The van der Waals surface area contributed by atoms with Gasteiger partial charge in [0.05, 0.1) is 29.4 Å². The fourth-order valence-electron chi connectivity index (χ4n) is 2.17. The van der Waals surface area contributed by atoms with Gasteiger partial charge in [-0.1, -0.05) is 35.3 Å². The number of anilines is 1. The van der Waals surface area contributed by atoms with E-state index in [1.807, 2.05) is 0 Å². The molecule has 2 amide bonds. The third-order valence-corrected chi connectivity index (χ3v) is 4.21. The van der Waals surface area contributed by atoms with Gasteiger partial charge in [-0.25, -0.2) is 4.39 Å². The molecule has 0 unspecified atom stereocenters. The molecule has 0 spiro atoms. The molecule has 142 valence electrons.